The van der Waals surface area contributed by atoms with Crippen molar-refractivity contribution >= 4 is 23.4 Å². The minimum absolute atomic E-state index is 0.0412. The van der Waals surface area contributed by atoms with Crippen LogP contribution in [-0.2, 0) is 16.1 Å². The van der Waals surface area contributed by atoms with Crippen LogP contribution in [0.4, 0.5) is 14.5 Å². The molecular weight excluding hydrogens is 454 g/mol. The van der Waals surface area contributed by atoms with E-state index in [0.29, 0.717) is 31.4 Å². The fraction of sp³-hybridized carbons (Fsp3) is 0.654. The Morgan fingerprint density at radius 1 is 1.06 bits per heavy atom. The van der Waals surface area contributed by atoms with E-state index in [1.165, 1.54) is 0 Å². The lowest BCUT2D eigenvalue weighted by atomic mass is 9.86. The molecule has 0 bridgehead atoms. The van der Waals surface area contributed by atoms with Gasteiger partial charge >= 0.3 is 0 Å². The van der Waals surface area contributed by atoms with E-state index in [0.717, 1.165) is 36.9 Å². The SMILES string of the molecule is CN(c1ccc2c(c1)CN(C1CCC(=O)NC1=O)C2=O)[C@H]1CCCC[C@@H]1NC1CCC(F)(F)CC1. The molecule has 3 fully saturated rings. The minimum atomic E-state index is -2.52. The van der Waals surface area contributed by atoms with E-state index < -0.39 is 17.9 Å². The molecule has 1 aromatic rings. The fourth-order valence-corrected chi connectivity index (χ4v) is 6.25. The summed E-state index contributed by atoms with van der Waals surface area (Å²) in [7, 11) is 2.07. The van der Waals surface area contributed by atoms with E-state index in [-0.39, 0.29) is 49.2 Å². The summed E-state index contributed by atoms with van der Waals surface area (Å²) >= 11 is 0. The van der Waals surface area contributed by atoms with Gasteiger partial charge in [-0.2, -0.15) is 0 Å². The van der Waals surface area contributed by atoms with Crippen molar-refractivity contribution < 1.29 is 23.2 Å². The monoisotopic (exact) mass is 488 g/mol. The Kier molecular flexibility index (Phi) is 6.55. The number of hydrogen-bond donors (Lipinski definition) is 2. The molecule has 0 spiro atoms. The zero-order chi connectivity index (χ0) is 24.7. The van der Waals surface area contributed by atoms with Gasteiger partial charge in [0, 0.05) is 62.2 Å². The quantitative estimate of drug-likeness (QED) is 0.622. The number of rotatable bonds is 5. The third-order valence-electron chi connectivity index (χ3n) is 8.31. The first-order valence-electron chi connectivity index (χ1n) is 12.9. The Labute approximate surface area is 204 Å². The van der Waals surface area contributed by atoms with Crippen molar-refractivity contribution in [2.24, 2.45) is 0 Å². The molecule has 0 radical (unpaired) electrons. The number of piperidine rings is 1. The first-order valence-corrected chi connectivity index (χ1v) is 12.9. The number of amides is 3. The number of benzene rings is 1. The van der Waals surface area contributed by atoms with Gasteiger partial charge in [-0.1, -0.05) is 12.8 Å². The maximum atomic E-state index is 13.6. The predicted molar refractivity (Wildman–Crippen MR) is 127 cm³/mol. The third kappa shape index (κ3) is 4.92. The van der Waals surface area contributed by atoms with Crippen molar-refractivity contribution in [2.45, 2.75) is 101 Å². The van der Waals surface area contributed by atoms with E-state index >= 15 is 0 Å². The van der Waals surface area contributed by atoms with Crippen LogP contribution in [0.25, 0.3) is 0 Å². The summed E-state index contributed by atoms with van der Waals surface area (Å²) in [5.41, 5.74) is 2.50. The van der Waals surface area contributed by atoms with Crippen LogP contribution in [0.1, 0.15) is 80.1 Å². The van der Waals surface area contributed by atoms with E-state index in [4.69, 9.17) is 0 Å². The highest BCUT2D eigenvalue weighted by Gasteiger charge is 2.40. The molecule has 2 aliphatic carbocycles. The Morgan fingerprint density at radius 2 is 1.80 bits per heavy atom. The molecule has 3 amide bonds. The van der Waals surface area contributed by atoms with Crippen LogP contribution in [0.2, 0.25) is 0 Å². The first kappa shape index (κ1) is 24.2. The number of nitrogens with one attached hydrogen (secondary N) is 2. The van der Waals surface area contributed by atoms with Crippen LogP contribution in [0, 0.1) is 0 Å². The molecule has 9 heteroatoms. The predicted octanol–water partition coefficient (Wildman–Crippen LogP) is 3.36. The third-order valence-corrected chi connectivity index (χ3v) is 8.31. The summed E-state index contributed by atoms with van der Waals surface area (Å²) in [6.45, 7) is 0.352. The van der Waals surface area contributed by atoms with Gasteiger partial charge in [0.25, 0.3) is 5.91 Å². The largest absolute Gasteiger partial charge is 0.370 e. The fourth-order valence-electron chi connectivity index (χ4n) is 6.25. The van der Waals surface area contributed by atoms with Crippen LogP contribution in [-0.4, -0.2) is 59.8 Å². The van der Waals surface area contributed by atoms with Crippen LogP contribution in [0.5, 0.6) is 0 Å². The Morgan fingerprint density at radius 3 is 2.54 bits per heavy atom. The number of anilines is 1. The van der Waals surface area contributed by atoms with Gasteiger partial charge in [-0.05, 0) is 55.9 Å². The number of carbonyl (C=O) groups is 3. The number of hydrogen-bond acceptors (Lipinski definition) is 5. The van der Waals surface area contributed by atoms with E-state index in [9.17, 15) is 23.2 Å². The lowest BCUT2D eigenvalue weighted by Crippen LogP contribution is -2.54. The first-order chi connectivity index (χ1) is 16.7. The maximum absolute atomic E-state index is 13.6. The molecule has 2 saturated carbocycles. The summed E-state index contributed by atoms with van der Waals surface area (Å²) in [5, 5.41) is 6.05. The second-order valence-electron chi connectivity index (χ2n) is 10.6. The normalized spacial score (nSPS) is 29.2. The van der Waals surface area contributed by atoms with Crippen molar-refractivity contribution in [2.75, 3.05) is 11.9 Å². The molecule has 4 aliphatic rings. The van der Waals surface area contributed by atoms with Gasteiger partial charge < -0.3 is 15.1 Å². The topological polar surface area (TPSA) is 81.8 Å². The summed E-state index contributed by atoms with van der Waals surface area (Å²) < 4.78 is 27.2. The molecule has 190 valence electrons. The molecule has 3 atom stereocenters. The molecular formula is C26H34F2N4O3. The Bertz CT molecular complexity index is 1010. The zero-order valence-electron chi connectivity index (χ0n) is 20.2. The zero-order valence-corrected chi connectivity index (χ0v) is 20.2. The molecule has 1 saturated heterocycles. The van der Waals surface area contributed by atoms with Crippen molar-refractivity contribution in [1.29, 1.82) is 0 Å². The molecule has 0 aromatic heterocycles. The highest BCUT2D eigenvalue weighted by Crippen LogP contribution is 2.36. The highest BCUT2D eigenvalue weighted by molar-refractivity contribution is 6.05. The van der Waals surface area contributed by atoms with Crippen LogP contribution in [0.3, 0.4) is 0 Å². The van der Waals surface area contributed by atoms with Crippen molar-refractivity contribution in [1.82, 2.24) is 15.5 Å². The lowest BCUT2D eigenvalue weighted by Gasteiger charge is -2.42. The second-order valence-corrected chi connectivity index (χ2v) is 10.6. The number of carbonyl (C=O) groups excluding carboxylic acids is 3. The molecule has 1 aromatic carbocycles. The Balaban J connectivity index is 1.28. The van der Waals surface area contributed by atoms with Crippen LogP contribution in [0.15, 0.2) is 18.2 Å². The summed E-state index contributed by atoms with van der Waals surface area (Å²) in [6.07, 6.45) is 5.82. The number of nitrogens with zero attached hydrogens (tertiary/aromatic N) is 2. The van der Waals surface area contributed by atoms with E-state index in [1.54, 1.807) is 4.90 Å². The standard InChI is InChI=1S/C26H34F2N4O3/c1-31(21-5-3-2-4-20(21)29-17-10-12-26(27,28)13-11-17)18-6-7-19-16(14-18)15-32(25(19)35)22-8-9-23(33)30-24(22)34/h6-7,14,17,20-22,29H,2-5,8-13,15H2,1H3,(H,30,33,34)/t20-,21-,22?/m0/s1. The van der Waals surface area contributed by atoms with Gasteiger partial charge in [0.05, 0.1) is 0 Å². The molecule has 2 N–H and O–H groups in total. The summed E-state index contributed by atoms with van der Waals surface area (Å²) in [5.74, 6) is -3.40. The lowest BCUT2D eigenvalue weighted by molar-refractivity contribution is -0.136. The second kappa shape index (κ2) is 9.48. The summed E-state index contributed by atoms with van der Waals surface area (Å²) in [4.78, 5) is 40.7. The van der Waals surface area contributed by atoms with Gasteiger partial charge in [-0.25, -0.2) is 8.78 Å². The Hall–Kier alpha value is -2.55. The number of imide groups is 1. The van der Waals surface area contributed by atoms with Crippen molar-refractivity contribution in [3.63, 3.8) is 0 Å². The average molecular weight is 489 g/mol. The number of alkyl halides is 2. The van der Waals surface area contributed by atoms with Crippen LogP contribution < -0.4 is 15.5 Å². The van der Waals surface area contributed by atoms with Gasteiger partial charge in [0.1, 0.15) is 6.04 Å². The smallest absolute Gasteiger partial charge is 0.255 e. The molecule has 35 heavy (non-hydrogen) atoms. The number of fused-ring (bicyclic) bond motifs is 1. The minimum Gasteiger partial charge on any atom is -0.370 e. The number of halogens is 2. The maximum Gasteiger partial charge on any atom is 0.255 e. The molecule has 5 rings (SSSR count). The summed E-state index contributed by atoms with van der Waals surface area (Å²) in [6, 6.07) is 5.82. The molecule has 7 nitrogen and oxygen atoms in total. The van der Waals surface area contributed by atoms with Gasteiger partial charge in [0.15, 0.2) is 0 Å². The van der Waals surface area contributed by atoms with E-state index in [2.05, 4.69) is 22.6 Å². The van der Waals surface area contributed by atoms with Gasteiger partial charge in [-0.3, -0.25) is 19.7 Å². The highest BCUT2D eigenvalue weighted by atomic mass is 19.3. The van der Waals surface area contributed by atoms with Crippen molar-refractivity contribution in [3.05, 3.63) is 29.3 Å². The van der Waals surface area contributed by atoms with Gasteiger partial charge in [-0.15, -0.1) is 0 Å². The molecule has 1 unspecified atom stereocenters. The molecule has 2 heterocycles. The van der Waals surface area contributed by atoms with E-state index in [1.807, 2.05) is 18.2 Å². The number of likely N-dealkylation sites (N-methyl/N-ethyl adjacent to an activating group) is 1. The van der Waals surface area contributed by atoms with Crippen LogP contribution >= 0.6 is 0 Å². The molecule has 2 aliphatic heterocycles. The van der Waals surface area contributed by atoms with Gasteiger partial charge in [0.2, 0.25) is 17.7 Å². The van der Waals surface area contributed by atoms with Crippen molar-refractivity contribution in [3.8, 4) is 0 Å². The average Bonchev–Trinajstić information content (AvgIpc) is 3.16.